The van der Waals surface area contributed by atoms with Crippen molar-refractivity contribution < 1.29 is 4.74 Å². The number of hydrogen-bond donors (Lipinski definition) is 1. The van der Waals surface area contributed by atoms with Crippen LogP contribution in [0.2, 0.25) is 0 Å². The van der Waals surface area contributed by atoms with Gasteiger partial charge in [0.15, 0.2) is 5.16 Å². The zero-order valence-electron chi connectivity index (χ0n) is 12.5. The van der Waals surface area contributed by atoms with E-state index in [1.54, 1.807) is 16.3 Å². The zero-order valence-corrected chi connectivity index (χ0v) is 13.3. The van der Waals surface area contributed by atoms with Gasteiger partial charge in [-0.1, -0.05) is 42.1 Å². The largest absolute Gasteiger partial charge is 0.377 e. The highest BCUT2D eigenvalue weighted by Gasteiger charge is 2.16. The summed E-state index contributed by atoms with van der Waals surface area (Å²) in [6.07, 6.45) is 4.60. The van der Waals surface area contributed by atoms with Crippen LogP contribution in [-0.2, 0) is 17.7 Å². The predicted octanol–water partition coefficient (Wildman–Crippen LogP) is 2.48. The summed E-state index contributed by atoms with van der Waals surface area (Å²) in [4.78, 5) is 11.9. The van der Waals surface area contributed by atoms with Crippen molar-refractivity contribution in [3.63, 3.8) is 0 Å². The van der Waals surface area contributed by atoms with E-state index in [1.165, 1.54) is 12.0 Å². The second-order valence-corrected chi connectivity index (χ2v) is 6.49. The van der Waals surface area contributed by atoms with Crippen molar-refractivity contribution in [1.29, 1.82) is 0 Å². The molecule has 0 amide bonds. The first-order valence-corrected chi connectivity index (χ1v) is 8.75. The molecule has 1 fully saturated rings. The summed E-state index contributed by atoms with van der Waals surface area (Å²) in [5, 5.41) is 7.46. The van der Waals surface area contributed by atoms with Crippen LogP contribution in [0.3, 0.4) is 0 Å². The molecule has 1 aromatic heterocycles. The van der Waals surface area contributed by atoms with Gasteiger partial charge in [0.25, 0.3) is 0 Å². The minimum atomic E-state index is -0.136. The molecule has 118 valence electrons. The van der Waals surface area contributed by atoms with Gasteiger partial charge in [0.2, 0.25) is 0 Å². The van der Waals surface area contributed by atoms with Crippen molar-refractivity contribution in [3.05, 3.63) is 46.4 Å². The number of aromatic amines is 1. The fraction of sp³-hybridized carbons (Fsp3) is 0.500. The van der Waals surface area contributed by atoms with Gasteiger partial charge >= 0.3 is 5.69 Å². The molecule has 1 saturated heterocycles. The first-order valence-electron chi connectivity index (χ1n) is 7.76. The van der Waals surface area contributed by atoms with Crippen LogP contribution >= 0.6 is 11.8 Å². The summed E-state index contributed by atoms with van der Waals surface area (Å²) in [5.41, 5.74) is 1.09. The number of aromatic nitrogens is 3. The molecule has 0 saturated carbocycles. The number of nitrogens with one attached hydrogen (secondary N) is 1. The number of benzene rings is 1. The maximum Gasteiger partial charge on any atom is 0.343 e. The summed E-state index contributed by atoms with van der Waals surface area (Å²) in [6.45, 7) is 1.50. The lowest BCUT2D eigenvalue weighted by atomic mass is 10.1. The van der Waals surface area contributed by atoms with E-state index >= 15 is 0 Å². The quantitative estimate of drug-likeness (QED) is 0.831. The highest BCUT2D eigenvalue weighted by Crippen LogP contribution is 2.21. The van der Waals surface area contributed by atoms with Gasteiger partial charge in [-0.15, -0.1) is 5.10 Å². The van der Waals surface area contributed by atoms with E-state index in [0.717, 1.165) is 36.8 Å². The third kappa shape index (κ3) is 4.01. The van der Waals surface area contributed by atoms with Crippen molar-refractivity contribution in [2.45, 2.75) is 43.5 Å². The summed E-state index contributed by atoms with van der Waals surface area (Å²) < 4.78 is 7.45. The number of ether oxygens (including phenoxy) is 1. The third-order valence-corrected chi connectivity index (χ3v) is 4.97. The van der Waals surface area contributed by atoms with Gasteiger partial charge in [0, 0.05) is 18.9 Å². The summed E-state index contributed by atoms with van der Waals surface area (Å²) in [6, 6.07) is 10.2. The Morgan fingerprint density at radius 2 is 2.18 bits per heavy atom. The van der Waals surface area contributed by atoms with Crippen LogP contribution in [0.1, 0.15) is 24.8 Å². The molecular weight excluding hydrogens is 298 g/mol. The van der Waals surface area contributed by atoms with E-state index in [1.807, 2.05) is 18.2 Å². The van der Waals surface area contributed by atoms with Gasteiger partial charge in [-0.3, -0.25) is 4.57 Å². The van der Waals surface area contributed by atoms with Crippen LogP contribution in [0.4, 0.5) is 0 Å². The highest BCUT2D eigenvalue weighted by atomic mass is 32.2. The van der Waals surface area contributed by atoms with Crippen molar-refractivity contribution in [2.75, 3.05) is 12.4 Å². The SMILES string of the molecule is O=c1[nH]nc(SCC2CCCCO2)n1CCc1ccccc1. The number of nitrogens with zero attached hydrogens (tertiary/aromatic N) is 2. The van der Waals surface area contributed by atoms with Crippen LogP contribution in [-0.4, -0.2) is 33.2 Å². The van der Waals surface area contributed by atoms with E-state index in [0.29, 0.717) is 6.54 Å². The van der Waals surface area contributed by atoms with Gasteiger partial charge in [-0.2, -0.15) is 0 Å². The first kappa shape index (κ1) is 15.4. The Morgan fingerprint density at radius 3 is 2.95 bits per heavy atom. The maximum absolute atomic E-state index is 11.9. The molecule has 1 unspecified atom stereocenters. The van der Waals surface area contributed by atoms with E-state index in [9.17, 15) is 4.79 Å². The standard InChI is InChI=1S/C16H21N3O2S/c20-15-17-18-16(22-12-14-8-4-5-11-21-14)19(15)10-9-13-6-2-1-3-7-13/h1-3,6-7,14H,4-5,8-12H2,(H,17,20). The van der Waals surface area contributed by atoms with Crippen molar-refractivity contribution >= 4 is 11.8 Å². The van der Waals surface area contributed by atoms with E-state index in [2.05, 4.69) is 22.3 Å². The molecule has 0 aliphatic carbocycles. The molecule has 5 nitrogen and oxygen atoms in total. The van der Waals surface area contributed by atoms with Crippen LogP contribution < -0.4 is 5.69 Å². The van der Waals surface area contributed by atoms with Crippen LogP contribution in [0.25, 0.3) is 0 Å². The average molecular weight is 319 g/mol. The van der Waals surface area contributed by atoms with Crippen molar-refractivity contribution in [3.8, 4) is 0 Å². The fourth-order valence-electron chi connectivity index (χ4n) is 2.60. The van der Waals surface area contributed by atoms with Gasteiger partial charge in [-0.05, 0) is 31.2 Å². The summed E-state index contributed by atoms with van der Waals surface area (Å²) in [5.74, 6) is 0.857. The van der Waals surface area contributed by atoms with Crippen LogP contribution in [0.15, 0.2) is 40.3 Å². The smallest absolute Gasteiger partial charge is 0.343 e. The molecule has 2 heterocycles. The summed E-state index contributed by atoms with van der Waals surface area (Å²) >= 11 is 1.61. The normalized spacial score (nSPS) is 18.5. The monoisotopic (exact) mass is 319 g/mol. The third-order valence-electron chi connectivity index (χ3n) is 3.86. The Hall–Kier alpha value is -1.53. The van der Waals surface area contributed by atoms with Crippen LogP contribution in [0, 0.1) is 0 Å². The lowest BCUT2D eigenvalue weighted by Crippen LogP contribution is -2.22. The van der Waals surface area contributed by atoms with Gasteiger partial charge in [-0.25, -0.2) is 9.89 Å². The lowest BCUT2D eigenvalue weighted by molar-refractivity contribution is 0.0315. The number of rotatable bonds is 6. The number of hydrogen-bond acceptors (Lipinski definition) is 4. The molecule has 6 heteroatoms. The molecule has 0 spiro atoms. The number of H-pyrrole nitrogens is 1. The molecule has 0 bridgehead atoms. The molecule has 1 aromatic carbocycles. The van der Waals surface area contributed by atoms with Gasteiger partial charge in [0.05, 0.1) is 6.10 Å². The Bertz CT molecular complexity index is 632. The lowest BCUT2D eigenvalue weighted by Gasteiger charge is -2.21. The van der Waals surface area contributed by atoms with E-state index < -0.39 is 0 Å². The Labute approximate surface area is 134 Å². The minimum absolute atomic E-state index is 0.136. The Morgan fingerprint density at radius 1 is 1.32 bits per heavy atom. The number of aryl methyl sites for hydroxylation is 1. The van der Waals surface area contributed by atoms with Crippen molar-refractivity contribution in [2.24, 2.45) is 0 Å². The van der Waals surface area contributed by atoms with Crippen molar-refractivity contribution in [1.82, 2.24) is 14.8 Å². The first-order chi connectivity index (χ1) is 10.8. The molecule has 1 atom stereocenters. The van der Waals surface area contributed by atoms with E-state index in [4.69, 9.17) is 4.74 Å². The highest BCUT2D eigenvalue weighted by molar-refractivity contribution is 7.99. The summed E-state index contributed by atoms with van der Waals surface area (Å²) in [7, 11) is 0. The Balaban J connectivity index is 1.59. The fourth-order valence-corrected chi connectivity index (χ4v) is 3.64. The molecule has 22 heavy (non-hydrogen) atoms. The second-order valence-electron chi connectivity index (χ2n) is 5.50. The predicted molar refractivity (Wildman–Crippen MR) is 87.3 cm³/mol. The average Bonchev–Trinajstić information content (AvgIpc) is 2.93. The van der Waals surface area contributed by atoms with E-state index in [-0.39, 0.29) is 11.8 Å². The molecule has 0 radical (unpaired) electrons. The molecule has 1 N–H and O–H groups in total. The molecule has 1 aliphatic heterocycles. The molecule has 3 rings (SSSR count). The maximum atomic E-state index is 11.9. The molecular formula is C16H21N3O2S. The zero-order chi connectivity index (χ0) is 15.2. The second kappa shape index (κ2) is 7.65. The van der Waals surface area contributed by atoms with Crippen LogP contribution in [0.5, 0.6) is 0 Å². The van der Waals surface area contributed by atoms with Gasteiger partial charge in [0.1, 0.15) is 0 Å². The molecule has 2 aromatic rings. The Kier molecular flexibility index (Phi) is 5.34. The number of thioether (sulfide) groups is 1. The van der Waals surface area contributed by atoms with Gasteiger partial charge < -0.3 is 4.74 Å². The molecule has 1 aliphatic rings. The topological polar surface area (TPSA) is 59.9 Å². The minimum Gasteiger partial charge on any atom is -0.377 e.